The molecule has 1 fully saturated rings. The molecular formula is C23H27N5O2. The van der Waals surface area contributed by atoms with E-state index in [1.807, 2.05) is 32.0 Å². The van der Waals surface area contributed by atoms with Gasteiger partial charge in [-0.25, -0.2) is 9.97 Å². The lowest BCUT2D eigenvalue weighted by Crippen LogP contribution is -2.41. The second kappa shape index (κ2) is 8.67. The zero-order chi connectivity index (χ0) is 21.1. The Labute approximate surface area is 176 Å². The number of nitrogens with zero attached hydrogens (tertiary/aromatic N) is 3. The Hall–Kier alpha value is -3.19. The van der Waals surface area contributed by atoms with E-state index < -0.39 is 5.91 Å². The third-order valence-corrected chi connectivity index (χ3v) is 5.28. The molecule has 30 heavy (non-hydrogen) atoms. The van der Waals surface area contributed by atoms with E-state index in [1.54, 1.807) is 12.1 Å². The molecule has 0 bridgehead atoms. The van der Waals surface area contributed by atoms with Crippen molar-refractivity contribution in [2.45, 2.75) is 32.4 Å². The maximum Gasteiger partial charge on any atom is 0.250 e. The summed E-state index contributed by atoms with van der Waals surface area (Å²) in [5, 5.41) is 4.36. The quantitative estimate of drug-likeness (QED) is 0.597. The van der Waals surface area contributed by atoms with Gasteiger partial charge >= 0.3 is 0 Å². The molecule has 3 aromatic rings. The van der Waals surface area contributed by atoms with E-state index in [0.29, 0.717) is 16.9 Å². The van der Waals surface area contributed by atoms with Crippen molar-refractivity contribution in [1.29, 1.82) is 0 Å². The van der Waals surface area contributed by atoms with Gasteiger partial charge in [0.1, 0.15) is 17.9 Å². The number of likely N-dealkylation sites (tertiary alicyclic amines) is 1. The number of carbonyl (C=O) groups excluding carboxylic acids is 1. The third kappa shape index (κ3) is 4.36. The van der Waals surface area contributed by atoms with Gasteiger partial charge in [0.2, 0.25) is 0 Å². The van der Waals surface area contributed by atoms with Gasteiger partial charge in [-0.3, -0.25) is 4.79 Å². The molecule has 1 unspecified atom stereocenters. The molecular weight excluding hydrogens is 378 g/mol. The first-order valence-electron chi connectivity index (χ1n) is 10.3. The largest absolute Gasteiger partial charge is 0.491 e. The molecule has 1 aromatic heterocycles. The van der Waals surface area contributed by atoms with Gasteiger partial charge in [0.15, 0.2) is 0 Å². The molecule has 2 aromatic carbocycles. The summed E-state index contributed by atoms with van der Waals surface area (Å²) in [5.74, 6) is 1.05. The average Bonchev–Trinajstić information content (AvgIpc) is 2.69. The Morgan fingerprint density at radius 1 is 1.17 bits per heavy atom. The summed E-state index contributed by atoms with van der Waals surface area (Å²) in [4.78, 5) is 23.0. The number of aromatic nitrogens is 2. The van der Waals surface area contributed by atoms with Crippen molar-refractivity contribution in [1.82, 2.24) is 14.9 Å². The summed E-state index contributed by atoms with van der Waals surface area (Å²) >= 11 is 0. The fourth-order valence-electron chi connectivity index (χ4n) is 3.67. The molecule has 3 N–H and O–H groups in total. The van der Waals surface area contributed by atoms with Crippen LogP contribution in [0.5, 0.6) is 5.75 Å². The van der Waals surface area contributed by atoms with Crippen LogP contribution >= 0.6 is 0 Å². The molecule has 156 valence electrons. The third-order valence-electron chi connectivity index (χ3n) is 5.28. The van der Waals surface area contributed by atoms with Crippen LogP contribution in [0.25, 0.3) is 10.9 Å². The molecule has 1 amide bonds. The second-order valence-electron chi connectivity index (χ2n) is 7.87. The number of hydrogen-bond acceptors (Lipinski definition) is 6. The minimum absolute atomic E-state index is 0.0359. The molecule has 1 aliphatic rings. The number of carbonyl (C=O) groups is 1. The lowest BCUT2D eigenvalue weighted by molar-refractivity contribution is 0.100. The Bertz CT molecular complexity index is 1030. The highest BCUT2D eigenvalue weighted by Crippen LogP contribution is 2.28. The van der Waals surface area contributed by atoms with Gasteiger partial charge in [0.05, 0.1) is 23.2 Å². The van der Waals surface area contributed by atoms with Crippen molar-refractivity contribution in [2.24, 2.45) is 5.73 Å². The molecule has 0 radical (unpaired) electrons. The lowest BCUT2D eigenvalue weighted by atomic mass is 10.0. The predicted molar refractivity (Wildman–Crippen MR) is 118 cm³/mol. The first-order chi connectivity index (χ1) is 14.5. The van der Waals surface area contributed by atoms with Crippen molar-refractivity contribution in [2.75, 3.05) is 25.0 Å². The van der Waals surface area contributed by atoms with E-state index in [9.17, 15) is 4.79 Å². The maximum atomic E-state index is 11.8. The van der Waals surface area contributed by atoms with Gasteiger partial charge in [-0.2, -0.15) is 0 Å². The van der Waals surface area contributed by atoms with Crippen LogP contribution in [0.1, 0.15) is 42.2 Å². The molecule has 7 heteroatoms. The number of fused-ring (bicyclic) bond motifs is 1. The summed E-state index contributed by atoms with van der Waals surface area (Å²) in [7, 11) is 0. The van der Waals surface area contributed by atoms with Gasteiger partial charge in [0, 0.05) is 11.9 Å². The number of nitrogens with one attached hydrogen (secondary N) is 1. The molecule has 0 saturated carbocycles. The van der Waals surface area contributed by atoms with E-state index >= 15 is 0 Å². The van der Waals surface area contributed by atoms with Crippen molar-refractivity contribution < 1.29 is 9.53 Å². The Morgan fingerprint density at radius 3 is 2.57 bits per heavy atom. The zero-order valence-corrected chi connectivity index (χ0v) is 17.3. The summed E-state index contributed by atoms with van der Waals surface area (Å²) in [6.07, 6.45) is 2.83. The van der Waals surface area contributed by atoms with E-state index in [-0.39, 0.29) is 12.1 Å². The highest BCUT2D eigenvalue weighted by Gasteiger charge is 2.22. The fraction of sp³-hybridized carbons (Fsp3) is 0.348. The molecule has 0 aliphatic carbocycles. The van der Waals surface area contributed by atoms with Gasteiger partial charge in [-0.1, -0.05) is 18.2 Å². The number of primary amides is 1. The van der Waals surface area contributed by atoms with E-state index in [0.717, 1.165) is 36.3 Å². The molecule has 7 nitrogen and oxygen atoms in total. The monoisotopic (exact) mass is 405 g/mol. The number of amides is 1. The number of nitrogens with two attached hydrogens (primary N) is 1. The molecule has 0 spiro atoms. The SMILES string of the molecule is CC(C)Oc1ccc(C(CN2CCC2)Nc2ncnc3c(C(N)=O)cccc23)cc1. The minimum Gasteiger partial charge on any atom is -0.491 e. The number of rotatable bonds is 8. The Kier molecular flexibility index (Phi) is 5.81. The van der Waals surface area contributed by atoms with Gasteiger partial charge < -0.3 is 20.7 Å². The topological polar surface area (TPSA) is 93.4 Å². The highest BCUT2D eigenvalue weighted by molar-refractivity contribution is 6.06. The minimum atomic E-state index is -0.497. The lowest BCUT2D eigenvalue weighted by Gasteiger charge is -2.35. The number of para-hydroxylation sites is 1. The summed E-state index contributed by atoms with van der Waals surface area (Å²) in [6, 6.07) is 13.6. The number of anilines is 1. The Morgan fingerprint density at radius 2 is 1.93 bits per heavy atom. The van der Waals surface area contributed by atoms with Crippen LogP contribution in [0.4, 0.5) is 5.82 Å². The summed E-state index contributed by atoms with van der Waals surface area (Å²) in [5.41, 5.74) is 7.63. The Balaban J connectivity index is 1.65. The van der Waals surface area contributed by atoms with Crippen molar-refractivity contribution in [3.63, 3.8) is 0 Å². The maximum absolute atomic E-state index is 11.8. The predicted octanol–water partition coefficient (Wildman–Crippen LogP) is 3.37. The van der Waals surface area contributed by atoms with E-state index in [2.05, 4.69) is 32.3 Å². The van der Waals surface area contributed by atoms with Crippen LogP contribution in [-0.4, -0.2) is 46.5 Å². The molecule has 1 aliphatic heterocycles. The summed E-state index contributed by atoms with van der Waals surface area (Å²) < 4.78 is 5.78. The number of hydrogen-bond donors (Lipinski definition) is 2. The average molecular weight is 406 g/mol. The van der Waals surface area contributed by atoms with Crippen LogP contribution < -0.4 is 15.8 Å². The first kappa shape index (κ1) is 20.1. The molecule has 1 saturated heterocycles. The fourth-order valence-corrected chi connectivity index (χ4v) is 3.67. The molecule has 2 heterocycles. The number of ether oxygens (including phenoxy) is 1. The zero-order valence-electron chi connectivity index (χ0n) is 17.3. The first-order valence-corrected chi connectivity index (χ1v) is 10.3. The van der Waals surface area contributed by atoms with Crippen LogP contribution in [0.15, 0.2) is 48.8 Å². The molecule has 4 rings (SSSR count). The van der Waals surface area contributed by atoms with E-state index in [1.165, 1.54) is 12.7 Å². The molecule has 1 atom stereocenters. The van der Waals surface area contributed by atoms with Crippen LogP contribution in [-0.2, 0) is 0 Å². The second-order valence-corrected chi connectivity index (χ2v) is 7.87. The van der Waals surface area contributed by atoms with Crippen molar-refractivity contribution in [3.05, 3.63) is 59.9 Å². The summed E-state index contributed by atoms with van der Waals surface area (Å²) in [6.45, 7) is 7.10. The van der Waals surface area contributed by atoms with Crippen LogP contribution in [0.3, 0.4) is 0 Å². The normalized spacial score (nSPS) is 15.0. The van der Waals surface area contributed by atoms with Crippen LogP contribution in [0.2, 0.25) is 0 Å². The van der Waals surface area contributed by atoms with Crippen molar-refractivity contribution >= 4 is 22.6 Å². The number of benzene rings is 2. The van der Waals surface area contributed by atoms with Crippen molar-refractivity contribution in [3.8, 4) is 5.75 Å². The van der Waals surface area contributed by atoms with Gasteiger partial charge in [-0.15, -0.1) is 0 Å². The van der Waals surface area contributed by atoms with Crippen LogP contribution in [0, 0.1) is 0 Å². The van der Waals surface area contributed by atoms with Gasteiger partial charge in [-0.05, 0) is 63.2 Å². The smallest absolute Gasteiger partial charge is 0.250 e. The highest BCUT2D eigenvalue weighted by atomic mass is 16.5. The van der Waals surface area contributed by atoms with Gasteiger partial charge in [0.25, 0.3) is 5.91 Å². The van der Waals surface area contributed by atoms with E-state index in [4.69, 9.17) is 10.5 Å². The standard InChI is InChI=1S/C23H27N5O2/c1-15(2)30-17-9-7-16(8-10-17)20(13-28-11-4-12-28)27-23-19-6-3-5-18(22(24)29)21(19)25-14-26-23/h3,5-10,14-15,20H,4,11-13H2,1-2H3,(H2,24,29)(H,25,26,27).